The number of carbonyl (C=O) groups excluding carboxylic acids is 1. The number of hydrogen-bond donors (Lipinski definition) is 1. The molecule has 1 amide bonds. The maximum atomic E-state index is 13.2. The number of aromatic nitrogens is 4. The number of amides is 1. The molecular formula is C18H16BrF4N5O. The van der Waals surface area contributed by atoms with Crippen molar-refractivity contribution >= 4 is 27.5 Å². The molecule has 11 heteroatoms. The van der Waals surface area contributed by atoms with Gasteiger partial charge in [0.1, 0.15) is 5.82 Å². The molecule has 2 heterocycles. The van der Waals surface area contributed by atoms with Crippen LogP contribution in [0.25, 0.3) is 0 Å². The smallest absolute Gasteiger partial charge is 0.323 e. The molecule has 0 spiro atoms. The van der Waals surface area contributed by atoms with Gasteiger partial charge in [0.15, 0.2) is 5.69 Å². The van der Waals surface area contributed by atoms with Crippen LogP contribution >= 0.6 is 15.9 Å². The molecule has 0 aliphatic heterocycles. The first-order valence-corrected chi connectivity index (χ1v) is 9.29. The fourth-order valence-corrected chi connectivity index (χ4v) is 3.20. The van der Waals surface area contributed by atoms with E-state index in [0.29, 0.717) is 17.8 Å². The van der Waals surface area contributed by atoms with Crippen molar-refractivity contribution in [3.05, 3.63) is 63.9 Å². The molecule has 3 aromatic rings. The van der Waals surface area contributed by atoms with Crippen LogP contribution < -0.4 is 5.32 Å². The number of anilines is 1. The van der Waals surface area contributed by atoms with Crippen molar-refractivity contribution in [3.8, 4) is 0 Å². The van der Waals surface area contributed by atoms with Gasteiger partial charge in [0, 0.05) is 12.6 Å². The van der Waals surface area contributed by atoms with Crippen LogP contribution in [0.5, 0.6) is 0 Å². The zero-order chi connectivity index (χ0) is 21.2. The van der Waals surface area contributed by atoms with Crippen LogP contribution in [0.1, 0.15) is 23.4 Å². The van der Waals surface area contributed by atoms with E-state index in [9.17, 15) is 22.4 Å². The first-order chi connectivity index (χ1) is 13.6. The topological polar surface area (TPSA) is 64.7 Å². The second-order valence-corrected chi connectivity index (χ2v) is 7.12. The van der Waals surface area contributed by atoms with Crippen molar-refractivity contribution in [2.45, 2.75) is 32.6 Å². The summed E-state index contributed by atoms with van der Waals surface area (Å²) in [5.74, 6) is -0.743. The second-order valence-electron chi connectivity index (χ2n) is 6.32. The van der Waals surface area contributed by atoms with Crippen LogP contribution in [-0.4, -0.2) is 25.5 Å². The lowest BCUT2D eigenvalue weighted by Gasteiger charge is -2.05. The molecule has 0 aliphatic carbocycles. The minimum Gasteiger partial charge on any atom is -0.323 e. The largest absolute Gasteiger partial charge is 0.436 e. The third kappa shape index (κ3) is 5.22. The molecule has 6 nitrogen and oxygen atoms in total. The van der Waals surface area contributed by atoms with E-state index in [1.807, 2.05) is 0 Å². The number of carbonyl (C=O) groups is 1. The first kappa shape index (κ1) is 21.0. The Hall–Kier alpha value is -2.69. The van der Waals surface area contributed by atoms with Gasteiger partial charge in [0.2, 0.25) is 5.91 Å². The summed E-state index contributed by atoms with van der Waals surface area (Å²) in [4.78, 5) is 12.1. The monoisotopic (exact) mass is 473 g/mol. The van der Waals surface area contributed by atoms with Gasteiger partial charge in [0.25, 0.3) is 0 Å². The van der Waals surface area contributed by atoms with Crippen molar-refractivity contribution in [1.29, 1.82) is 0 Å². The van der Waals surface area contributed by atoms with Crippen LogP contribution in [-0.2, 0) is 24.1 Å². The molecule has 1 aromatic carbocycles. The standard InChI is InChI=1S/C18H16BrF4N5O/c1-11-16(19)17(18(21,22)23)26-28(11)6-5-15(29)25-14-8-24-27(10-14)9-12-3-2-4-13(20)7-12/h2-4,7-8,10H,5-6,9H2,1H3,(H,25,29). The van der Waals surface area contributed by atoms with Gasteiger partial charge in [-0.15, -0.1) is 0 Å². The quantitative estimate of drug-likeness (QED) is 0.540. The second kappa shape index (κ2) is 8.36. The molecule has 0 bridgehead atoms. The van der Waals surface area contributed by atoms with Gasteiger partial charge < -0.3 is 5.32 Å². The van der Waals surface area contributed by atoms with Crippen LogP contribution in [0, 0.1) is 12.7 Å². The molecule has 154 valence electrons. The molecule has 0 atom stereocenters. The van der Waals surface area contributed by atoms with E-state index in [1.54, 1.807) is 18.3 Å². The number of benzene rings is 1. The van der Waals surface area contributed by atoms with Gasteiger partial charge in [-0.05, 0) is 40.5 Å². The third-order valence-corrected chi connectivity index (χ3v) is 5.05. The van der Waals surface area contributed by atoms with E-state index in [1.165, 1.54) is 29.9 Å². The number of rotatable bonds is 6. The minimum absolute atomic E-state index is 0.0101. The number of aryl methyl sites for hydroxylation is 1. The van der Waals surface area contributed by atoms with Crippen molar-refractivity contribution in [2.75, 3.05) is 5.32 Å². The number of hydrogen-bond acceptors (Lipinski definition) is 3. The highest BCUT2D eigenvalue weighted by molar-refractivity contribution is 9.10. The summed E-state index contributed by atoms with van der Waals surface area (Å²) in [7, 11) is 0. The molecule has 29 heavy (non-hydrogen) atoms. The van der Waals surface area contributed by atoms with Gasteiger partial charge in [-0.3, -0.25) is 14.2 Å². The van der Waals surface area contributed by atoms with E-state index in [2.05, 4.69) is 31.4 Å². The van der Waals surface area contributed by atoms with Crippen molar-refractivity contribution < 1.29 is 22.4 Å². The number of nitrogens with one attached hydrogen (secondary N) is 1. The normalized spacial score (nSPS) is 11.7. The Balaban J connectivity index is 1.57. The van der Waals surface area contributed by atoms with Crippen molar-refractivity contribution in [1.82, 2.24) is 19.6 Å². The molecule has 0 aliphatic rings. The lowest BCUT2D eigenvalue weighted by atomic mass is 10.2. The Morgan fingerprint density at radius 1 is 1.31 bits per heavy atom. The molecule has 3 rings (SSSR count). The Morgan fingerprint density at radius 3 is 2.72 bits per heavy atom. The number of alkyl halides is 3. The summed E-state index contributed by atoms with van der Waals surface area (Å²) in [6.45, 7) is 1.80. The van der Waals surface area contributed by atoms with E-state index in [0.717, 1.165) is 4.68 Å². The molecule has 1 N–H and O–H groups in total. The van der Waals surface area contributed by atoms with Crippen LogP contribution in [0.4, 0.5) is 23.2 Å². The molecule has 0 unspecified atom stereocenters. The highest BCUT2D eigenvalue weighted by Gasteiger charge is 2.37. The first-order valence-electron chi connectivity index (χ1n) is 8.50. The fourth-order valence-electron chi connectivity index (χ4n) is 2.69. The minimum atomic E-state index is -4.58. The van der Waals surface area contributed by atoms with Gasteiger partial charge in [-0.25, -0.2) is 4.39 Å². The average Bonchev–Trinajstić information content (AvgIpc) is 3.18. The zero-order valence-corrected chi connectivity index (χ0v) is 16.8. The zero-order valence-electron chi connectivity index (χ0n) is 15.2. The number of halogens is 5. The average molecular weight is 474 g/mol. The Kier molecular flexibility index (Phi) is 6.06. The summed E-state index contributed by atoms with van der Waals surface area (Å²) in [5, 5.41) is 10.3. The molecule has 0 saturated heterocycles. The lowest BCUT2D eigenvalue weighted by molar-refractivity contribution is -0.142. The molecule has 0 fully saturated rings. The van der Waals surface area contributed by atoms with Crippen LogP contribution in [0.2, 0.25) is 0 Å². The van der Waals surface area contributed by atoms with Gasteiger partial charge in [-0.2, -0.15) is 23.4 Å². The van der Waals surface area contributed by atoms with Crippen molar-refractivity contribution in [3.63, 3.8) is 0 Å². The Morgan fingerprint density at radius 2 is 2.07 bits per heavy atom. The van der Waals surface area contributed by atoms with Gasteiger partial charge in [-0.1, -0.05) is 12.1 Å². The number of nitrogens with zero attached hydrogens (tertiary/aromatic N) is 4. The maximum absolute atomic E-state index is 13.2. The summed E-state index contributed by atoms with van der Waals surface area (Å²) in [5.41, 5.74) is 0.411. The van der Waals surface area contributed by atoms with E-state index < -0.39 is 17.8 Å². The summed E-state index contributed by atoms with van der Waals surface area (Å²) < 4.78 is 54.5. The van der Waals surface area contributed by atoms with Crippen LogP contribution in [0.3, 0.4) is 0 Å². The maximum Gasteiger partial charge on any atom is 0.436 e. The van der Waals surface area contributed by atoms with Crippen LogP contribution in [0.15, 0.2) is 41.1 Å². The van der Waals surface area contributed by atoms with Gasteiger partial charge in [0.05, 0.1) is 35.1 Å². The Bertz CT molecular complexity index is 1030. The van der Waals surface area contributed by atoms with E-state index >= 15 is 0 Å². The molecule has 0 radical (unpaired) electrons. The predicted octanol–water partition coefficient (Wildman–Crippen LogP) is 4.39. The summed E-state index contributed by atoms with van der Waals surface area (Å²) in [6.07, 6.45) is -1.62. The molecular weight excluding hydrogens is 458 g/mol. The summed E-state index contributed by atoms with van der Waals surface area (Å²) >= 11 is 2.89. The van der Waals surface area contributed by atoms with E-state index in [-0.39, 0.29) is 28.9 Å². The molecule has 0 saturated carbocycles. The SMILES string of the molecule is Cc1c(Br)c(C(F)(F)F)nn1CCC(=O)Nc1cnn(Cc2cccc(F)c2)c1. The highest BCUT2D eigenvalue weighted by atomic mass is 79.9. The predicted molar refractivity (Wildman–Crippen MR) is 101 cm³/mol. The van der Waals surface area contributed by atoms with Gasteiger partial charge >= 0.3 is 6.18 Å². The highest BCUT2D eigenvalue weighted by Crippen LogP contribution is 2.35. The summed E-state index contributed by atoms with van der Waals surface area (Å²) in [6, 6.07) is 6.08. The van der Waals surface area contributed by atoms with Crippen molar-refractivity contribution in [2.24, 2.45) is 0 Å². The fraction of sp³-hybridized carbons (Fsp3) is 0.278. The molecule has 2 aromatic heterocycles. The Labute approximate surface area is 171 Å². The third-order valence-electron chi connectivity index (χ3n) is 4.10. The van der Waals surface area contributed by atoms with E-state index in [4.69, 9.17) is 0 Å². The lowest BCUT2D eigenvalue weighted by Crippen LogP contribution is -2.16.